The zero-order valence-electron chi connectivity index (χ0n) is 11.4. The van der Waals surface area contributed by atoms with Crippen molar-refractivity contribution >= 4 is 5.69 Å². The van der Waals surface area contributed by atoms with E-state index in [9.17, 15) is 0 Å². The summed E-state index contributed by atoms with van der Waals surface area (Å²) < 4.78 is 13.0. The second kappa shape index (κ2) is 4.62. The minimum absolute atomic E-state index is 0.437. The number of imidazole rings is 1. The second-order valence-corrected chi connectivity index (χ2v) is 4.77. The van der Waals surface area contributed by atoms with E-state index in [1.807, 2.05) is 29.8 Å². The van der Waals surface area contributed by atoms with Crippen LogP contribution in [0.4, 0.5) is 5.69 Å². The Morgan fingerprint density at radius 3 is 3.14 bits per heavy atom. The summed E-state index contributed by atoms with van der Waals surface area (Å²) in [7, 11) is 1.88. The number of rotatable bonds is 2. The summed E-state index contributed by atoms with van der Waals surface area (Å²) in [5, 5.41) is 7.31. The normalized spacial score (nSPS) is 13.4. The summed E-state index contributed by atoms with van der Waals surface area (Å²) in [6.45, 7) is 1.41. The van der Waals surface area contributed by atoms with Crippen LogP contribution in [-0.4, -0.2) is 32.8 Å². The van der Waals surface area contributed by atoms with Gasteiger partial charge < -0.3 is 19.1 Å². The standard InChI is InChI=1S/C14H13N5O2/c1-19-8-15-7-11(19)13-17-14(21-18-13)9-3-2-4-10-12(9)20-6-5-16-10/h2-4,7-8,16H,5-6H2,1H3. The number of anilines is 1. The van der Waals surface area contributed by atoms with Gasteiger partial charge in [-0.25, -0.2) is 4.98 Å². The van der Waals surface area contributed by atoms with Crippen molar-refractivity contribution in [2.75, 3.05) is 18.5 Å². The molecule has 21 heavy (non-hydrogen) atoms. The molecule has 0 amide bonds. The summed E-state index contributed by atoms with van der Waals surface area (Å²) >= 11 is 0. The van der Waals surface area contributed by atoms with Gasteiger partial charge in [-0.15, -0.1) is 0 Å². The number of aromatic nitrogens is 4. The fourth-order valence-corrected chi connectivity index (χ4v) is 2.35. The lowest BCUT2D eigenvalue weighted by Crippen LogP contribution is -2.18. The van der Waals surface area contributed by atoms with E-state index in [0.29, 0.717) is 18.3 Å². The predicted molar refractivity (Wildman–Crippen MR) is 75.9 cm³/mol. The Balaban J connectivity index is 1.78. The van der Waals surface area contributed by atoms with Gasteiger partial charge in [0.2, 0.25) is 5.82 Å². The molecule has 1 aromatic carbocycles. The monoisotopic (exact) mass is 283 g/mol. The van der Waals surface area contributed by atoms with Crippen molar-refractivity contribution in [3.05, 3.63) is 30.7 Å². The third-order valence-corrected chi connectivity index (χ3v) is 3.38. The average Bonchev–Trinajstić information content (AvgIpc) is 3.15. The van der Waals surface area contributed by atoms with E-state index in [4.69, 9.17) is 9.26 Å². The van der Waals surface area contributed by atoms with Crippen LogP contribution in [0.1, 0.15) is 0 Å². The molecule has 3 aromatic rings. The van der Waals surface area contributed by atoms with Crippen molar-refractivity contribution in [2.24, 2.45) is 7.05 Å². The van der Waals surface area contributed by atoms with Gasteiger partial charge in [-0.3, -0.25) is 0 Å². The van der Waals surface area contributed by atoms with Crippen LogP contribution >= 0.6 is 0 Å². The smallest absolute Gasteiger partial charge is 0.262 e. The van der Waals surface area contributed by atoms with Crippen LogP contribution in [0.2, 0.25) is 0 Å². The summed E-state index contributed by atoms with van der Waals surface area (Å²) in [5.41, 5.74) is 2.54. The molecule has 0 saturated carbocycles. The molecule has 0 radical (unpaired) electrons. The molecule has 4 rings (SSSR count). The first-order valence-corrected chi connectivity index (χ1v) is 6.63. The first kappa shape index (κ1) is 12.0. The van der Waals surface area contributed by atoms with Crippen LogP contribution < -0.4 is 10.1 Å². The Morgan fingerprint density at radius 2 is 2.29 bits per heavy atom. The molecule has 0 atom stereocenters. The van der Waals surface area contributed by atoms with Crippen molar-refractivity contribution in [3.63, 3.8) is 0 Å². The SMILES string of the molecule is Cn1cncc1-c1noc(-c2cccc3c2OCCN3)n1. The maximum absolute atomic E-state index is 5.72. The first-order chi connectivity index (χ1) is 10.3. The maximum Gasteiger partial charge on any atom is 0.262 e. The number of nitrogens with zero attached hydrogens (tertiary/aromatic N) is 4. The van der Waals surface area contributed by atoms with E-state index in [1.165, 1.54) is 0 Å². The molecule has 1 N–H and O–H groups in total. The molecule has 2 aromatic heterocycles. The molecule has 0 aliphatic carbocycles. The number of aryl methyl sites for hydroxylation is 1. The van der Waals surface area contributed by atoms with E-state index in [-0.39, 0.29) is 0 Å². The van der Waals surface area contributed by atoms with Crippen LogP contribution in [0.3, 0.4) is 0 Å². The number of para-hydroxylation sites is 1. The van der Waals surface area contributed by atoms with E-state index >= 15 is 0 Å². The largest absolute Gasteiger partial charge is 0.489 e. The van der Waals surface area contributed by atoms with Crippen molar-refractivity contribution in [1.82, 2.24) is 19.7 Å². The molecule has 0 bridgehead atoms. The van der Waals surface area contributed by atoms with Gasteiger partial charge in [0.25, 0.3) is 5.89 Å². The van der Waals surface area contributed by atoms with Crippen molar-refractivity contribution in [3.8, 4) is 28.7 Å². The fourth-order valence-electron chi connectivity index (χ4n) is 2.35. The van der Waals surface area contributed by atoms with Crippen LogP contribution in [0.5, 0.6) is 5.75 Å². The van der Waals surface area contributed by atoms with Crippen LogP contribution in [-0.2, 0) is 7.05 Å². The third-order valence-electron chi connectivity index (χ3n) is 3.38. The second-order valence-electron chi connectivity index (χ2n) is 4.77. The molecule has 0 unspecified atom stereocenters. The van der Waals surface area contributed by atoms with Gasteiger partial charge in [-0.1, -0.05) is 11.2 Å². The Kier molecular flexibility index (Phi) is 2.63. The van der Waals surface area contributed by atoms with Crippen LogP contribution in [0, 0.1) is 0 Å². The first-order valence-electron chi connectivity index (χ1n) is 6.63. The van der Waals surface area contributed by atoms with Crippen molar-refractivity contribution in [2.45, 2.75) is 0 Å². The fraction of sp³-hybridized carbons (Fsp3) is 0.214. The number of nitrogens with one attached hydrogen (secondary N) is 1. The highest BCUT2D eigenvalue weighted by molar-refractivity contribution is 5.75. The molecular formula is C14H13N5O2. The Labute approximate surface area is 120 Å². The summed E-state index contributed by atoms with van der Waals surface area (Å²) in [5.74, 6) is 1.70. The maximum atomic E-state index is 5.72. The number of hydrogen-bond donors (Lipinski definition) is 1. The van der Waals surface area contributed by atoms with Crippen LogP contribution in [0.25, 0.3) is 23.0 Å². The zero-order valence-corrected chi connectivity index (χ0v) is 11.4. The van der Waals surface area contributed by atoms with Crippen LogP contribution in [0.15, 0.2) is 35.2 Å². The van der Waals surface area contributed by atoms with E-state index in [1.54, 1.807) is 12.5 Å². The third kappa shape index (κ3) is 1.94. The summed E-state index contributed by atoms with van der Waals surface area (Å²) in [6, 6.07) is 5.81. The molecule has 0 saturated heterocycles. The molecule has 1 aliphatic rings. The van der Waals surface area contributed by atoms with Gasteiger partial charge in [-0.05, 0) is 12.1 Å². The molecular weight excluding hydrogens is 270 g/mol. The van der Waals surface area contributed by atoms with Gasteiger partial charge in [0.05, 0.1) is 23.8 Å². The summed E-state index contributed by atoms with van der Waals surface area (Å²) in [4.78, 5) is 8.50. The molecule has 7 nitrogen and oxygen atoms in total. The topological polar surface area (TPSA) is 78.0 Å². The predicted octanol–water partition coefficient (Wildman–Crippen LogP) is 1.94. The van der Waals surface area contributed by atoms with Gasteiger partial charge >= 0.3 is 0 Å². The molecule has 7 heteroatoms. The Bertz CT molecular complexity index is 792. The molecule has 3 heterocycles. The molecule has 0 spiro atoms. The lowest BCUT2D eigenvalue weighted by atomic mass is 10.1. The van der Waals surface area contributed by atoms with Crippen molar-refractivity contribution in [1.29, 1.82) is 0 Å². The average molecular weight is 283 g/mol. The van der Waals surface area contributed by atoms with E-state index < -0.39 is 0 Å². The van der Waals surface area contributed by atoms with Gasteiger partial charge in [-0.2, -0.15) is 4.98 Å². The highest BCUT2D eigenvalue weighted by Gasteiger charge is 2.20. The number of fused-ring (bicyclic) bond motifs is 1. The molecule has 1 aliphatic heterocycles. The number of ether oxygens (including phenoxy) is 1. The minimum atomic E-state index is 0.437. The summed E-state index contributed by atoms with van der Waals surface area (Å²) in [6.07, 6.45) is 3.40. The Morgan fingerprint density at radius 1 is 1.33 bits per heavy atom. The zero-order chi connectivity index (χ0) is 14.2. The highest BCUT2D eigenvalue weighted by Crippen LogP contribution is 2.37. The molecule has 0 fully saturated rings. The molecule has 106 valence electrons. The van der Waals surface area contributed by atoms with Gasteiger partial charge in [0.15, 0.2) is 5.75 Å². The minimum Gasteiger partial charge on any atom is -0.489 e. The van der Waals surface area contributed by atoms with E-state index in [2.05, 4.69) is 20.4 Å². The lowest BCUT2D eigenvalue weighted by Gasteiger charge is -2.20. The van der Waals surface area contributed by atoms with Gasteiger partial charge in [0.1, 0.15) is 12.3 Å². The quantitative estimate of drug-likeness (QED) is 0.774. The van der Waals surface area contributed by atoms with E-state index in [0.717, 1.165) is 29.2 Å². The number of benzene rings is 1. The Hall–Kier alpha value is -2.83. The van der Waals surface area contributed by atoms with Gasteiger partial charge in [0, 0.05) is 13.6 Å². The highest BCUT2D eigenvalue weighted by atomic mass is 16.5. The number of hydrogen-bond acceptors (Lipinski definition) is 6. The lowest BCUT2D eigenvalue weighted by molar-refractivity contribution is 0.322. The van der Waals surface area contributed by atoms with Crippen molar-refractivity contribution < 1.29 is 9.26 Å².